The van der Waals surface area contributed by atoms with E-state index in [-0.39, 0.29) is 0 Å². The largest absolute Gasteiger partial charge is 0.302 e. The van der Waals surface area contributed by atoms with Crippen LogP contribution in [-0.4, -0.2) is 24.5 Å². The smallest absolute Gasteiger partial charge is 0.00408 e. The summed E-state index contributed by atoms with van der Waals surface area (Å²) in [6.07, 6.45) is 4.01. The van der Waals surface area contributed by atoms with E-state index in [0.717, 1.165) is 5.92 Å². The molecule has 0 N–H and O–H groups in total. The van der Waals surface area contributed by atoms with Crippen molar-refractivity contribution < 1.29 is 0 Å². The lowest BCUT2D eigenvalue weighted by molar-refractivity contribution is -0.0169. The summed E-state index contributed by atoms with van der Waals surface area (Å²) in [5.74, 6) is 0.883. The molecule has 23 heavy (non-hydrogen) atoms. The molecular formula is C22H29N. The molecule has 1 nitrogen and oxygen atoms in total. The first-order chi connectivity index (χ1) is 11.0. The second-order valence-electron chi connectivity index (χ2n) is 8.64. The van der Waals surface area contributed by atoms with Crippen LogP contribution in [0.1, 0.15) is 39.2 Å². The molecule has 2 bridgehead atoms. The van der Waals surface area contributed by atoms with Crippen molar-refractivity contribution in [1.29, 1.82) is 0 Å². The van der Waals surface area contributed by atoms with Gasteiger partial charge < -0.3 is 4.90 Å². The summed E-state index contributed by atoms with van der Waals surface area (Å²) >= 11 is 0. The fourth-order valence-electron chi connectivity index (χ4n) is 5.10. The number of hydrogen-bond donors (Lipinski definition) is 0. The van der Waals surface area contributed by atoms with Crippen LogP contribution in [0.4, 0.5) is 0 Å². The Morgan fingerprint density at radius 2 is 1.83 bits per heavy atom. The van der Waals surface area contributed by atoms with Gasteiger partial charge in [-0.15, -0.1) is 0 Å². The molecule has 2 aromatic rings. The van der Waals surface area contributed by atoms with Gasteiger partial charge in [0.05, 0.1) is 0 Å². The van der Waals surface area contributed by atoms with E-state index in [9.17, 15) is 0 Å². The van der Waals surface area contributed by atoms with Crippen LogP contribution in [0, 0.1) is 16.7 Å². The van der Waals surface area contributed by atoms with Crippen LogP contribution in [0.3, 0.4) is 0 Å². The molecule has 1 heteroatoms. The van der Waals surface area contributed by atoms with E-state index in [1.165, 1.54) is 55.2 Å². The Morgan fingerprint density at radius 3 is 2.65 bits per heavy atom. The molecule has 4 rings (SSSR count). The molecule has 0 spiro atoms. The van der Waals surface area contributed by atoms with Crippen LogP contribution in [0.15, 0.2) is 42.5 Å². The maximum Gasteiger partial charge on any atom is 0.00408 e. The lowest BCUT2D eigenvalue weighted by atomic mass is 9.63. The third kappa shape index (κ3) is 2.41. The van der Waals surface area contributed by atoms with Crippen LogP contribution in [0.2, 0.25) is 0 Å². The molecule has 122 valence electrons. The standard InChI is InChI=1S/C22H29N/c1-21(2)19-11-13-22(21,3)16-23(15-19)14-12-18-9-6-8-17-7-4-5-10-20(17)18/h4-10,19H,11-16H2,1-3H3/t19?,22-/m1/s1. The summed E-state index contributed by atoms with van der Waals surface area (Å²) in [5.41, 5.74) is 2.53. The van der Waals surface area contributed by atoms with E-state index >= 15 is 0 Å². The zero-order valence-electron chi connectivity index (χ0n) is 14.8. The quantitative estimate of drug-likeness (QED) is 0.759. The van der Waals surface area contributed by atoms with Crippen LogP contribution in [-0.2, 0) is 6.42 Å². The van der Waals surface area contributed by atoms with Gasteiger partial charge in [-0.2, -0.15) is 0 Å². The topological polar surface area (TPSA) is 3.24 Å². The second-order valence-corrected chi connectivity index (χ2v) is 8.64. The summed E-state index contributed by atoms with van der Waals surface area (Å²) in [6, 6.07) is 15.5. The van der Waals surface area contributed by atoms with Crippen molar-refractivity contribution in [2.75, 3.05) is 19.6 Å². The first-order valence-electron chi connectivity index (χ1n) is 9.19. The fraction of sp³-hybridized carbons (Fsp3) is 0.545. The highest BCUT2D eigenvalue weighted by atomic mass is 15.2. The molecule has 1 unspecified atom stereocenters. The maximum absolute atomic E-state index is 2.74. The first kappa shape index (κ1) is 15.2. The lowest BCUT2D eigenvalue weighted by Crippen LogP contribution is -2.52. The molecule has 1 saturated carbocycles. The number of likely N-dealkylation sites (tertiary alicyclic amines) is 1. The first-order valence-corrected chi connectivity index (χ1v) is 9.19. The van der Waals surface area contributed by atoms with E-state index in [4.69, 9.17) is 0 Å². The zero-order valence-corrected chi connectivity index (χ0v) is 14.8. The van der Waals surface area contributed by atoms with Crippen molar-refractivity contribution >= 4 is 10.8 Å². The molecular weight excluding hydrogens is 278 g/mol. The average Bonchev–Trinajstić information content (AvgIpc) is 2.68. The van der Waals surface area contributed by atoms with Crippen molar-refractivity contribution in [1.82, 2.24) is 4.90 Å². The molecule has 1 aliphatic carbocycles. The maximum atomic E-state index is 2.74. The van der Waals surface area contributed by atoms with Crippen molar-refractivity contribution in [3.05, 3.63) is 48.0 Å². The Bertz CT molecular complexity index is 711. The molecule has 2 atom stereocenters. The zero-order chi connectivity index (χ0) is 16.1. The highest BCUT2D eigenvalue weighted by Gasteiger charge is 2.55. The lowest BCUT2D eigenvalue weighted by Gasteiger charge is -2.50. The molecule has 0 amide bonds. The van der Waals surface area contributed by atoms with Gasteiger partial charge in [-0.05, 0) is 52.3 Å². The van der Waals surface area contributed by atoms with Gasteiger partial charge in [0.2, 0.25) is 0 Å². The monoisotopic (exact) mass is 307 g/mol. The molecule has 1 heterocycles. The molecule has 2 fully saturated rings. The Balaban J connectivity index is 1.50. The summed E-state index contributed by atoms with van der Waals surface area (Å²) in [6.45, 7) is 11.3. The minimum Gasteiger partial charge on any atom is -0.302 e. The Morgan fingerprint density at radius 1 is 1.04 bits per heavy atom. The van der Waals surface area contributed by atoms with Gasteiger partial charge >= 0.3 is 0 Å². The van der Waals surface area contributed by atoms with Crippen molar-refractivity contribution in [3.63, 3.8) is 0 Å². The summed E-state index contributed by atoms with van der Waals surface area (Å²) in [4.78, 5) is 2.74. The van der Waals surface area contributed by atoms with Gasteiger partial charge in [-0.1, -0.05) is 63.2 Å². The molecule has 2 aromatic carbocycles. The van der Waals surface area contributed by atoms with Gasteiger partial charge in [0, 0.05) is 19.6 Å². The van der Waals surface area contributed by atoms with E-state index < -0.39 is 0 Å². The second kappa shape index (κ2) is 5.34. The molecule has 0 radical (unpaired) electrons. The predicted molar refractivity (Wildman–Crippen MR) is 98.7 cm³/mol. The average molecular weight is 307 g/mol. The number of rotatable bonds is 3. The van der Waals surface area contributed by atoms with E-state index in [0.29, 0.717) is 10.8 Å². The molecule has 2 aliphatic rings. The predicted octanol–water partition coefficient (Wildman–Crippen LogP) is 5.14. The van der Waals surface area contributed by atoms with E-state index in [1.807, 2.05) is 0 Å². The minimum atomic E-state index is 0.509. The van der Waals surface area contributed by atoms with Gasteiger partial charge in [-0.3, -0.25) is 0 Å². The van der Waals surface area contributed by atoms with Crippen LogP contribution < -0.4 is 0 Å². The van der Waals surface area contributed by atoms with Gasteiger partial charge in [0.25, 0.3) is 0 Å². The fourth-order valence-corrected chi connectivity index (χ4v) is 5.10. The summed E-state index contributed by atoms with van der Waals surface area (Å²) in [7, 11) is 0. The van der Waals surface area contributed by atoms with Crippen LogP contribution >= 0.6 is 0 Å². The molecule has 1 aliphatic heterocycles. The highest BCUT2D eigenvalue weighted by molar-refractivity contribution is 5.85. The van der Waals surface area contributed by atoms with E-state index in [1.54, 1.807) is 0 Å². The van der Waals surface area contributed by atoms with Crippen LogP contribution in [0.25, 0.3) is 10.8 Å². The summed E-state index contributed by atoms with van der Waals surface area (Å²) < 4.78 is 0. The van der Waals surface area contributed by atoms with Crippen molar-refractivity contribution in [2.45, 2.75) is 40.0 Å². The number of piperidine rings is 1. The van der Waals surface area contributed by atoms with Crippen LogP contribution in [0.5, 0.6) is 0 Å². The number of benzene rings is 2. The number of fused-ring (bicyclic) bond motifs is 3. The highest BCUT2D eigenvalue weighted by Crippen LogP contribution is 2.58. The number of nitrogens with zero attached hydrogens (tertiary/aromatic N) is 1. The van der Waals surface area contributed by atoms with Gasteiger partial charge in [0.15, 0.2) is 0 Å². The Kier molecular flexibility index (Phi) is 3.53. The van der Waals surface area contributed by atoms with Crippen molar-refractivity contribution in [3.8, 4) is 0 Å². The molecule has 0 aromatic heterocycles. The number of hydrogen-bond acceptors (Lipinski definition) is 1. The summed E-state index contributed by atoms with van der Waals surface area (Å²) in [5, 5.41) is 2.80. The van der Waals surface area contributed by atoms with Gasteiger partial charge in [-0.25, -0.2) is 0 Å². The van der Waals surface area contributed by atoms with Crippen molar-refractivity contribution in [2.24, 2.45) is 16.7 Å². The Hall–Kier alpha value is -1.34. The van der Waals surface area contributed by atoms with E-state index in [2.05, 4.69) is 68.1 Å². The molecule has 1 saturated heterocycles. The van der Waals surface area contributed by atoms with Gasteiger partial charge in [0.1, 0.15) is 0 Å². The Labute approximate surface area is 140 Å². The minimum absolute atomic E-state index is 0.509. The SMILES string of the molecule is CC1(C)C2CC[C@]1(C)CN(CCc1cccc3ccccc13)C2. The normalized spacial score (nSPS) is 30.0. The third-order valence-corrected chi connectivity index (χ3v) is 7.25. The third-order valence-electron chi connectivity index (χ3n) is 7.25.